The van der Waals surface area contributed by atoms with E-state index < -0.39 is 5.91 Å². The Kier molecular flexibility index (Phi) is 4.89. The van der Waals surface area contributed by atoms with Gasteiger partial charge in [0.05, 0.1) is 24.9 Å². The first-order valence-corrected chi connectivity index (χ1v) is 10.9. The topological polar surface area (TPSA) is 74.3 Å². The second kappa shape index (κ2) is 7.73. The number of nitrogens with zero attached hydrogens (tertiary/aromatic N) is 1. The zero-order valence-electron chi connectivity index (χ0n) is 17.7. The van der Waals surface area contributed by atoms with Crippen molar-refractivity contribution in [2.75, 3.05) is 7.11 Å². The molecule has 2 N–H and O–H groups in total. The van der Waals surface area contributed by atoms with Crippen LogP contribution in [0.1, 0.15) is 59.5 Å². The lowest BCUT2D eigenvalue weighted by molar-refractivity contribution is -0.114. The predicted octanol–water partition coefficient (Wildman–Crippen LogP) is 5.02. The van der Waals surface area contributed by atoms with Crippen molar-refractivity contribution >= 4 is 28.9 Å². The second-order valence-electron chi connectivity index (χ2n) is 8.53. The third kappa shape index (κ3) is 3.25. The number of carbonyl (C=O) groups excluding carboxylic acids is 2. The lowest BCUT2D eigenvalue weighted by Crippen LogP contribution is -2.17. The number of aromatic nitrogens is 1. The highest BCUT2D eigenvalue weighted by Gasteiger charge is 2.29. The smallest absolute Gasteiger partial charge is 0.337 e. The number of primary amides is 1. The molecule has 5 nitrogen and oxygen atoms in total. The summed E-state index contributed by atoms with van der Waals surface area (Å²) in [5.74, 6) is -0.330. The van der Waals surface area contributed by atoms with Gasteiger partial charge in [-0.25, -0.2) is 4.79 Å². The summed E-state index contributed by atoms with van der Waals surface area (Å²) < 4.78 is 7.13. The number of hydrogen-bond donors (Lipinski definition) is 1. The largest absolute Gasteiger partial charge is 0.465 e. The Morgan fingerprint density at radius 3 is 2.58 bits per heavy atom. The second-order valence-corrected chi connectivity index (χ2v) is 8.53. The van der Waals surface area contributed by atoms with Crippen molar-refractivity contribution in [3.05, 3.63) is 64.7 Å². The van der Waals surface area contributed by atoms with Crippen molar-refractivity contribution in [2.24, 2.45) is 5.73 Å². The van der Waals surface area contributed by atoms with E-state index in [9.17, 15) is 9.59 Å². The van der Waals surface area contributed by atoms with E-state index in [1.54, 1.807) is 0 Å². The first-order chi connectivity index (χ1) is 15.1. The summed E-state index contributed by atoms with van der Waals surface area (Å²) in [4.78, 5) is 24.5. The molecule has 0 radical (unpaired) electrons. The maximum absolute atomic E-state index is 12.3. The van der Waals surface area contributed by atoms with Gasteiger partial charge in [0.1, 0.15) is 0 Å². The molecule has 5 heteroatoms. The molecule has 1 amide bonds. The van der Waals surface area contributed by atoms with Crippen molar-refractivity contribution in [1.29, 1.82) is 0 Å². The summed E-state index contributed by atoms with van der Waals surface area (Å²) in [5, 5.41) is 1.15. The Hall–Kier alpha value is -3.34. The van der Waals surface area contributed by atoms with Crippen molar-refractivity contribution in [1.82, 2.24) is 4.57 Å². The van der Waals surface area contributed by atoms with Gasteiger partial charge in [0.25, 0.3) is 0 Å². The van der Waals surface area contributed by atoms with Gasteiger partial charge in [-0.05, 0) is 48.1 Å². The molecule has 0 spiro atoms. The van der Waals surface area contributed by atoms with Crippen LogP contribution in [0.2, 0.25) is 0 Å². The third-order valence-electron chi connectivity index (χ3n) is 6.73. The van der Waals surface area contributed by atoms with E-state index in [4.69, 9.17) is 10.5 Å². The van der Waals surface area contributed by atoms with Crippen LogP contribution in [0.3, 0.4) is 0 Å². The molecule has 0 bridgehead atoms. The van der Waals surface area contributed by atoms with Crippen molar-refractivity contribution in [2.45, 2.75) is 44.6 Å². The zero-order valence-corrected chi connectivity index (χ0v) is 17.7. The van der Waals surface area contributed by atoms with E-state index >= 15 is 0 Å². The molecule has 1 aliphatic carbocycles. The monoisotopic (exact) mass is 414 g/mol. The highest BCUT2D eigenvalue weighted by Crippen LogP contribution is 2.46. The number of amides is 1. The molecule has 1 aromatic heterocycles. The fourth-order valence-corrected chi connectivity index (χ4v) is 5.27. The van der Waals surface area contributed by atoms with Gasteiger partial charge in [-0.2, -0.15) is 0 Å². The Labute approximate surface area is 181 Å². The number of ether oxygens (including phenoxy) is 1. The van der Waals surface area contributed by atoms with Gasteiger partial charge in [0, 0.05) is 22.0 Å². The van der Waals surface area contributed by atoms with Gasteiger partial charge in [-0.3, -0.25) is 4.79 Å². The summed E-state index contributed by atoms with van der Waals surface area (Å²) in [6.07, 6.45) is 7.95. The van der Waals surface area contributed by atoms with Crippen molar-refractivity contribution in [3.8, 4) is 11.3 Å². The summed E-state index contributed by atoms with van der Waals surface area (Å²) >= 11 is 0. The molecular weight excluding hydrogens is 388 g/mol. The van der Waals surface area contributed by atoms with Crippen LogP contribution >= 0.6 is 0 Å². The van der Waals surface area contributed by atoms with Crippen LogP contribution in [0.15, 0.2) is 48.0 Å². The van der Waals surface area contributed by atoms with E-state index in [1.807, 2.05) is 42.5 Å². The molecule has 1 fully saturated rings. The van der Waals surface area contributed by atoms with E-state index in [-0.39, 0.29) is 5.97 Å². The molecule has 0 unspecified atom stereocenters. The third-order valence-corrected chi connectivity index (χ3v) is 6.73. The average molecular weight is 415 g/mol. The number of nitrogens with two attached hydrogens (primary N) is 1. The molecule has 3 aromatic rings. The van der Waals surface area contributed by atoms with Crippen LogP contribution < -0.4 is 5.73 Å². The first kappa shape index (κ1) is 19.6. The molecule has 0 saturated heterocycles. The predicted molar refractivity (Wildman–Crippen MR) is 122 cm³/mol. The van der Waals surface area contributed by atoms with E-state index in [0.29, 0.717) is 23.6 Å². The minimum atomic E-state index is -0.423. The Balaban J connectivity index is 1.85. The minimum Gasteiger partial charge on any atom is -0.465 e. The maximum Gasteiger partial charge on any atom is 0.337 e. The minimum absolute atomic E-state index is 0.364. The van der Waals surface area contributed by atoms with Crippen LogP contribution in [0, 0.1) is 0 Å². The molecule has 31 heavy (non-hydrogen) atoms. The lowest BCUT2D eigenvalue weighted by Gasteiger charge is -2.24. The molecule has 1 aliphatic heterocycles. The molecule has 0 atom stereocenters. The fraction of sp³-hybridized carbons (Fsp3) is 0.308. The summed E-state index contributed by atoms with van der Waals surface area (Å²) in [6, 6.07) is 14.0. The number of benzene rings is 2. The van der Waals surface area contributed by atoms with Crippen molar-refractivity contribution in [3.63, 3.8) is 0 Å². The quantitative estimate of drug-likeness (QED) is 0.611. The highest BCUT2D eigenvalue weighted by molar-refractivity contribution is 6.03. The van der Waals surface area contributed by atoms with Crippen LogP contribution in [-0.2, 0) is 16.1 Å². The van der Waals surface area contributed by atoms with Crippen molar-refractivity contribution < 1.29 is 14.3 Å². The van der Waals surface area contributed by atoms with Crippen LogP contribution in [-0.4, -0.2) is 23.6 Å². The highest BCUT2D eigenvalue weighted by atomic mass is 16.5. The van der Waals surface area contributed by atoms with E-state index in [2.05, 4.69) is 10.6 Å². The van der Waals surface area contributed by atoms with Crippen LogP contribution in [0.5, 0.6) is 0 Å². The SMILES string of the molecule is COC(=O)c1ccc2c(C3CCCCC3)c3n(c2c1)CC(C(N)=O)=Cc1ccccc1-3. The van der Waals surface area contributed by atoms with Gasteiger partial charge in [0.2, 0.25) is 5.91 Å². The first-order valence-electron chi connectivity index (χ1n) is 10.9. The lowest BCUT2D eigenvalue weighted by atomic mass is 9.81. The van der Waals surface area contributed by atoms with Gasteiger partial charge in [-0.15, -0.1) is 0 Å². The van der Waals surface area contributed by atoms with E-state index in [1.165, 1.54) is 31.9 Å². The summed E-state index contributed by atoms with van der Waals surface area (Å²) in [6.45, 7) is 0.382. The summed E-state index contributed by atoms with van der Waals surface area (Å²) in [5.41, 5.74) is 12.3. The maximum atomic E-state index is 12.3. The van der Waals surface area contributed by atoms with Crippen LogP contribution in [0.25, 0.3) is 28.2 Å². The Morgan fingerprint density at radius 1 is 1.06 bits per heavy atom. The molecular formula is C26H26N2O3. The molecule has 158 valence electrons. The van der Waals surface area contributed by atoms with Gasteiger partial charge in [-0.1, -0.05) is 49.6 Å². The molecule has 2 aromatic carbocycles. The van der Waals surface area contributed by atoms with Gasteiger partial charge >= 0.3 is 5.97 Å². The fourth-order valence-electron chi connectivity index (χ4n) is 5.27. The van der Waals surface area contributed by atoms with Crippen LogP contribution in [0.4, 0.5) is 0 Å². The molecule has 5 rings (SSSR count). The molecule has 2 heterocycles. The van der Waals surface area contributed by atoms with Gasteiger partial charge in [0.15, 0.2) is 0 Å². The average Bonchev–Trinajstić information content (AvgIpc) is 3.01. The zero-order chi connectivity index (χ0) is 21.5. The standard InChI is InChI=1S/C26H26N2O3/c1-31-26(30)18-11-12-21-22(14-18)28-15-19(25(27)29)13-17-9-5-6-10-20(17)24(28)23(21)16-7-3-2-4-8-16/h5-6,9-14,16H,2-4,7-8,15H2,1H3,(H2,27,29). The molecule has 1 saturated carbocycles. The summed E-state index contributed by atoms with van der Waals surface area (Å²) in [7, 11) is 1.39. The Bertz CT molecular complexity index is 1230. The Morgan fingerprint density at radius 2 is 1.84 bits per heavy atom. The van der Waals surface area contributed by atoms with Gasteiger partial charge < -0.3 is 15.0 Å². The number of rotatable bonds is 3. The number of carbonyl (C=O) groups is 2. The number of fused-ring (bicyclic) bond motifs is 5. The molecule has 2 aliphatic rings. The van der Waals surface area contributed by atoms with E-state index in [0.717, 1.165) is 40.6 Å². The number of esters is 1. The number of hydrogen-bond acceptors (Lipinski definition) is 3. The number of methoxy groups -OCH3 is 1. The normalized spacial score (nSPS) is 16.2.